The van der Waals surface area contributed by atoms with Gasteiger partial charge in [0.2, 0.25) is 0 Å². The smallest absolute Gasteiger partial charge is 0.195 e. The quantitative estimate of drug-likeness (QED) is 0.929. The molecule has 0 saturated carbocycles. The van der Waals surface area contributed by atoms with Crippen molar-refractivity contribution in [3.05, 3.63) is 34.9 Å². The van der Waals surface area contributed by atoms with Gasteiger partial charge < -0.3 is 0 Å². The molecule has 1 saturated heterocycles. The molecule has 0 spiro atoms. The summed E-state index contributed by atoms with van der Waals surface area (Å²) in [6.07, 6.45) is 6.72. The van der Waals surface area contributed by atoms with Gasteiger partial charge in [-0.15, -0.1) is 0 Å². The number of hydrogen-bond acceptors (Lipinski definition) is 2. The second-order valence-corrected chi connectivity index (χ2v) is 7.89. The predicted molar refractivity (Wildman–Crippen MR) is 84.4 cm³/mol. The molecule has 1 fully saturated rings. The highest BCUT2D eigenvalue weighted by atomic mass is 32.2. The molecule has 0 aromatic heterocycles. The minimum Gasteiger partial charge on any atom is -0.195 e. The van der Waals surface area contributed by atoms with E-state index in [0.29, 0.717) is 13.1 Å². The van der Waals surface area contributed by atoms with Crippen LogP contribution in [0.5, 0.6) is 0 Å². The molecule has 0 amide bonds. The summed E-state index contributed by atoms with van der Waals surface area (Å²) in [5, 5.41) is 0. The molecule has 0 bridgehead atoms. The summed E-state index contributed by atoms with van der Waals surface area (Å²) >= 11 is 0. The molecule has 1 heterocycles. The second kappa shape index (κ2) is 6.07. The Morgan fingerprint density at radius 2 is 1.71 bits per heavy atom. The lowest BCUT2D eigenvalue weighted by Crippen LogP contribution is -2.40. The van der Waals surface area contributed by atoms with Gasteiger partial charge in [-0.1, -0.05) is 18.2 Å². The van der Waals surface area contributed by atoms with Crippen molar-refractivity contribution < 1.29 is 8.42 Å². The predicted octanol–water partition coefficient (Wildman–Crippen LogP) is 2.56. The number of aryl methyl sites for hydroxylation is 2. The molecule has 116 valence electrons. The summed E-state index contributed by atoms with van der Waals surface area (Å²) in [6, 6.07) is 6.25. The van der Waals surface area contributed by atoms with Gasteiger partial charge in [0.1, 0.15) is 0 Å². The van der Waals surface area contributed by atoms with E-state index >= 15 is 0 Å². The monoisotopic (exact) mass is 308 g/mol. The van der Waals surface area contributed by atoms with Crippen LogP contribution in [0, 0.1) is 0 Å². The largest absolute Gasteiger partial charge is 0.279 e. The molecule has 2 aliphatic rings. The van der Waals surface area contributed by atoms with Crippen molar-refractivity contribution in [2.75, 3.05) is 13.1 Å². The fraction of sp³-hybridized carbons (Fsp3) is 0.625. The Morgan fingerprint density at radius 1 is 1.05 bits per heavy atom. The van der Waals surface area contributed by atoms with Crippen molar-refractivity contribution >= 4 is 10.2 Å². The molecule has 0 radical (unpaired) electrons. The lowest BCUT2D eigenvalue weighted by molar-refractivity contribution is 0.457. The fourth-order valence-electron chi connectivity index (χ4n) is 3.32. The van der Waals surface area contributed by atoms with E-state index < -0.39 is 10.2 Å². The Morgan fingerprint density at radius 3 is 2.43 bits per heavy atom. The van der Waals surface area contributed by atoms with Crippen LogP contribution in [0.1, 0.15) is 55.3 Å². The van der Waals surface area contributed by atoms with E-state index in [2.05, 4.69) is 22.9 Å². The lowest BCUT2D eigenvalue weighted by Gasteiger charge is -2.22. The molecular weight excluding hydrogens is 284 g/mol. The highest BCUT2D eigenvalue weighted by molar-refractivity contribution is 7.87. The van der Waals surface area contributed by atoms with Gasteiger partial charge in [-0.05, 0) is 62.1 Å². The maximum atomic E-state index is 12.3. The van der Waals surface area contributed by atoms with Crippen LogP contribution >= 0.6 is 0 Å². The van der Waals surface area contributed by atoms with Crippen LogP contribution in [0.15, 0.2) is 18.2 Å². The third-order valence-electron chi connectivity index (χ3n) is 4.60. The number of nitrogens with one attached hydrogen (secondary N) is 1. The first-order valence-electron chi connectivity index (χ1n) is 7.95. The van der Waals surface area contributed by atoms with E-state index in [1.807, 2.05) is 6.92 Å². The zero-order valence-electron chi connectivity index (χ0n) is 12.6. The van der Waals surface area contributed by atoms with Crippen LogP contribution in [0.3, 0.4) is 0 Å². The Kier molecular flexibility index (Phi) is 4.33. The van der Waals surface area contributed by atoms with Gasteiger partial charge in [0.25, 0.3) is 10.2 Å². The van der Waals surface area contributed by atoms with Crippen LogP contribution in [0.4, 0.5) is 0 Å². The minimum atomic E-state index is -3.35. The molecule has 3 rings (SSSR count). The summed E-state index contributed by atoms with van der Waals surface area (Å²) in [5.74, 6) is 0. The SMILES string of the molecule is C[C@@H](NS(=O)(=O)N1CCCC1)c1ccc2c(c1)CCCC2. The lowest BCUT2D eigenvalue weighted by atomic mass is 9.89. The molecule has 1 aliphatic heterocycles. The van der Waals surface area contributed by atoms with E-state index in [4.69, 9.17) is 0 Å². The molecule has 21 heavy (non-hydrogen) atoms. The van der Waals surface area contributed by atoms with Crippen molar-refractivity contribution in [1.82, 2.24) is 9.03 Å². The van der Waals surface area contributed by atoms with Gasteiger partial charge in [0.05, 0.1) is 0 Å². The van der Waals surface area contributed by atoms with Crippen molar-refractivity contribution in [3.63, 3.8) is 0 Å². The first kappa shape index (κ1) is 15.0. The van der Waals surface area contributed by atoms with Gasteiger partial charge in [0, 0.05) is 19.1 Å². The number of rotatable bonds is 4. The first-order chi connectivity index (χ1) is 10.1. The van der Waals surface area contributed by atoms with Gasteiger partial charge in [-0.3, -0.25) is 0 Å². The van der Waals surface area contributed by atoms with Gasteiger partial charge >= 0.3 is 0 Å². The Bertz CT molecular complexity index is 607. The van der Waals surface area contributed by atoms with Gasteiger partial charge in [0.15, 0.2) is 0 Å². The van der Waals surface area contributed by atoms with E-state index in [-0.39, 0.29) is 6.04 Å². The molecular formula is C16H24N2O2S. The standard InChI is InChI=1S/C16H24N2O2S/c1-13(17-21(19,20)18-10-4-5-11-18)15-9-8-14-6-2-3-7-16(14)12-15/h8-9,12-13,17H,2-7,10-11H2,1H3/t13-/m1/s1. The van der Waals surface area contributed by atoms with Crippen molar-refractivity contribution in [1.29, 1.82) is 0 Å². The highest BCUT2D eigenvalue weighted by Gasteiger charge is 2.27. The minimum absolute atomic E-state index is 0.178. The van der Waals surface area contributed by atoms with E-state index in [1.165, 1.54) is 24.0 Å². The highest BCUT2D eigenvalue weighted by Crippen LogP contribution is 2.25. The van der Waals surface area contributed by atoms with Crippen LogP contribution in [-0.2, 0) is 23.1 Å². The third-order valence-corrected chi connectivity index (χ3v) is 6.30. The molecule has 1 N–H and O–H groups in total. The van der Waals surface area contributed by atoms with Crippen LogP contribution in [0.2, 0.25) is 0 Å². The van der Waals surface area contributed by atoms with Crippen LogP contribution < -0.4 is 4.72 Å². The molecule has 1 aliphatic carbocycles. The van der Waals surface area contributed by atoms with Gasteiger partial charge in [-0.2, -0.15) is 17.4 Å². The van der Waals surface area contributed by atoms with Crippen LogP contribution in [0.25, 0.3) is 0 Å². The topological polar surface area (TPSA) is 49.4 Å². The van der Waals surface area contributed by atoms with E-state index in [0.717, 1.165) is 31.2 Å². The summed E-state index contributed by atoms with van der Waals surface area (Å²) in [7, 11) is -3.35. The van der Waals surface area contributed by atoms with Crippen molar-refractivity contribution in [3.8, 4) is 0 Å². The fourth-order valence-corrected chi connectivity index (χ4v) is 4.79. The molecule has 0 unspecified atom stereocenters. The Balaban J connectivity index is 1.74. The molecule has 1 aromatic carbocycles. The molecule has 1 aromatic rings. The Hall–Kier alpha value is -0.910. The summed E-state index contributed by atoms with van der Waals surface area (Å²) in [6.45, 7) is 3.22. The second-order valence-electron chi connectivity index (χ2n) is 6.19. The summed E-state index contributed by atoms with van der Waals surface area (Å²) in [5.41, 5.74) is 3.89. The zero-order chi connectivity index (χ0) is 14.9. The van der Waals surface area contributed by atoms with Gasteiger partial charge in [-0.25, -0.2) is 0 Å². The van der Waals surface area contributed by atoms with Crippen molar-refractivity contribution in [2.24, 2.45) is 0 Å². The van der Waals surface area contributed by atoms with Crippen molar-refractivity contribution in [2.45, 2.75) is 51.5 Å². The summed E-state index contributed by atoms with van der Waals surface area (Å²) in [4.78, 5) is 0. The average molecular weight is 308 g/mol. The van der Waals surface area contributed by atoms with E-state index in [1.54, 1.807) is 4.31 Å². The molecule has 4 nitrogen and oxygen atoms in total. The molecule has 5 heteroatoms. The molecule has 1 atom stereocenters. The van der Waals surface area contributed by atoms with E-state index in [9.17, 15) is 8.42 Å². The number of fused-ring (bicyclic) bond motifs is 1. The number of benzene rings is 1. The number of nitrogens with zero attached hydrogens (tertiary/aromatic N) is 1. The first-order valence-corrected chi connectivity index (χ1v) is 9.39. The number of hydrogen-bond donors (Lipinski definition) is 1. The maximum Gasteiger partial charge on any atom is 0.279 e. The Labute approximate surface area is 127 Å². The maximum absolute atomic E-state index is 12.3. The zero-order valence-corrected chi connectivity index (χ0v) is 13.5. The normalized spacial score (nSPS) is 21.2. The third kappa shape index (κ3) is 3.30. The average Bonchev–Trinajstić information content (AvgIpc) is 3.01. The van der Waals surface area contributed by atoms with Crippen LogP contribution in [-0.4, -0.2) is 25.8 Å². The summed E-state index contributed by atoms with van der Waals surface area (Å²) < 4.78 is 29.0.